The highest BCUT2D eigenvalue weighted by atomic mass is 19.1. The molecule has 106 valence electrons. The maximum absolute atomic E-state index is 12.0. The number of nitrogens with zero attached hydrogens (tertiary/aromatic N) is 1. The van der Waals surface area contributed by atoms with Gasteiger partial charge in [0.1, 0.15) is 0 Å². The number of hydrogen-bond acceptors (Lipinski definition) is 2. The van der Waals surface area contributed by atoms with Crippen molar-refractivity contribution in [1.82, 2.24) is 10.2 Å². The van der Waals surface area contributed by atoms with E-state index in [1.807, 2.05) is 13.8 Å². The summed E-state index contributed by atoms with van der Waals surface area (Å²) in [6.45, 7) is 6.75. The molecule has 0 aromatic carbocycles. The number of hydrogen-bond donors (Lipinski definition) is 1. The lowest BCUT2D eigenvalue weighted by molar-refractivity contribution is -0.125. The van der Waals surface area contributed by atoms with Crippen molar-refractivity contribution in [3.05, 3.63) is 0 Å². The number of alkyl halides is 1. The Balaban J connectivity index is 2.21. The minimum atomic E-state index is -0.201. The summed E-state index contributed by atoms with van der Waals surface area (Å²) in [4.78, 5) is 14.0. The molecule has 0 bridgehead atoms. The van der Waals surface area contributed by atoms with Crippen LogP contribution in [0.3, 0.4) is 0 Å². The monoisotopic (exact) mass is 258 g/mol. The van der Waals surface area contributed by atoms with Gasteiger partial charge in [0.15, 0.2) is 0 Å². The normalized spacial score (nSPS) is 21.2. The molecule has 1 amide bonds. The van der Waals surface area contributed by atoms with Crippen molar-refractivity contribution in [3.8, 4) is 0 Å². The van der Waals surface area contributed by atoms with E-state index < -0.39 is 0 Å². The second-order valence-corrected chi connectivity index (χ2v) is 5.55. The zero-order valence-electron chi connectivity index (χ0n) is 11.8. The molecule has 0 unspecified atom stereocenters. The van der Waals surface area contributed by atoms with Crippen LogP contribution in [-0.4, -0.2) is 43.2 Å². The standard InChI is InChI=1S/C14H27FN2O/c1-12(2)14(18)16-13-7-6-10-17(11-13)9-5-3-4-8-15/h12-13H,3-11H2,1-2H3,(H,16,18)/t13-/m0/s1. The van der Waals surface area contributed by atoms with Crippen molar-refractivity contribution in [2.75, 3.05) is 26.3 Å². The molecule has 4 heteroatoms. The molecule has 0 radical (unpaired) electrons. The molecule has 0 aromatic rings. The highest BCUT2D eigenvalue weighted by Crippen LogP contribution is 2.12. The van der Waals surface area contributed by atoms with Crippen molar-refractivity contribution in [1.29, 1.82) is 0 Å². The second-order valence-electron chi connectivity index (χ2n) is 5.55. The van der Waals surface area contributed by atoms with E-state index in [0.717, 1.165) is 45.3 Å². The first-order chi connectivity index (χ1) is 8.63. The molecule has 18 heavy (non-hydrogen) atoms. The Labute approximate surface area is 110 Å². The van der Waals surface area contributed by atoms with Crippen molar-refractivity contribution in [2.45, 2.75) is 52.0 Å². The van der Waals surface area contributed by atoms with Gasteiger partial charge in [-0.15, -0.1) is 0 Å². The molecule has 1 aliphatic rings. The van der Waals surface area contributed by atoms with Crippen LogP contribution in [0.15, 0.2) is 0 Å². The van der Waals surface area contributed by atoms with Crippen molar-refractivity contribution in [2.24, 2.45) is 5.92 Å². The Morgan fingerprint density at radius 2 is 2.17 bits per heavy atom. The second kappa shape index (κ2) is 8.46. The van der Waals surface area contributed by atoms with Gasteiger partial charge in [-0.1, -0.05) is 13.8 Å². The third-order valence-corrected chi connectivity index (χ3v) is 3.48. The van der Waals surface area contributed by atoms with Crippen LogP contribution in [-0.2, 0) is 4.79 Å². The Bertz CT molecular complexity index is 246. The number of amides is 1. The van der Waals surface area contributed by atoms with Gasteiger partial charge < -0.3 is 10.2 Å². The smallest absolute Gasteiger partial charge is 0.222 e. The fourth-order valence-electron chi connectivity index (χ4n) is 2.35. The molecule has 1 fully saturated rings. The fraction of sp³-hybridized carbons (Fsp3) is 0.929. The van der Waals surface area contributed by atoms with Crippen LogP contribution in [0.2, 0.25) is 0 Å². The number of rotatable bonds is 7. The summed E-state index contributed by atoms with van der Waals surface area (Å²) in [7, 11) is 0. The molecule has 1 N–H and O–H groups in total. The van der Waals surface area contributed by atoms with Crippen LogP contribution in [0, 0.1) is 5.92 Å². The summed E-state index contributed by atoms with van der Waals surface area (Å²) in [5.41, 5.74) is 0. The third-order valence-electron chi connectivity index (χ3n) is 3.48. The largest absolute Gasteiger partial charge is 0.352 e. The summed E-state index contributed by atoms with van der Waals surface area (Å²) < 4.78 is 12.0. The van der Waals surface area contributed by atoms with Gasteiger partial charge in [-0.25, -0.2) is 0 Å². The number of carbonyl (C=O) groups is 1. The lowest BCUT2D eigenvalue weighted by atomic mass is 10.0. The molecular formula is C14H27FN2O. The van der Waals surface area contributed by atoms with Crippen molar-refractivity contribution in [3.63, 3.8) is 0 Å². The Kier molecular flexibility index (Phi) is 7.25. The van der Waals surface area contributed by atoms with E-state index in [2.05, 4.69) is 10.2 Å². The van der Waals surface area contributed by atoms with E-state index in [1.165, 1.54) is 0 Å². The van der Waals surface area contributed by atoms with E-state index in [-0.39, 0.29) is 18.5 Å². The highest BCUT2D eigenvalue weighted by Gasteiger charge is 2.21. The first-order valence-corrected chi connectivity index (χ1v) is 7.22. The Morgan fingerprint density at radius 3 is 2.83 bits per heavy atom. The third kappa shape index (κ3) is 5.80. The Hall–Kier alpha value is -0.640. The van der Waals surface area contributed by atoms with Gasteiger partial charge in [-0.2, -0.15) is 0 Å². The molecule has 1 aliphatic heterocycles. The number of carbonyl (C=O) groups excluding carboxylic acids is 1. The quantitative estimate of drug-likeness (QED) is 0.711. The summed E-state index contributed by atoms with van der Waals surface area (Å²) in [6, 6.07) is 0.301. The number of likely N-dealkylation sites (tertiary alicyclic amines) is 1. The zero-order chi connectivity index (χ0) is 13.4. The fourth-order valence-corrected chi connectivity index (χ4v) is 2.35. The predicted octanol–water partition coefficient (Wildman–Crippen LogP) is 2.36. The van der Waals surface area contributed by atoms with Gasteiger partial charge in [0.25, 0.3) is 0 Å². The number of unbranched alkanes of at least 4 members (excludes halogenated alkanes) is 2. The van der Waals surface area contributed by atoms with Gasteiger partial charge in [0.2, 0.25) is 5.91 Å². The minimum absolute atomic E-state index is 0.0601. The van der Waals surface area contributed by atoms with E-state index in [9.17, 15) is 9.18 Å². The summed E-state index contributed by atoms with van der Waals surface area (Å²) in [5, 5.41) is 3.11. The molecular weight excluding hydrogens is 231 g/mol. The first-order valence-electron chi connectivity index (χ1n) is 7.22. The summed E-state index contributed by atoms with van der Waals surface area (Å²) in [6.07, 6.45) is 4.94. The zero-order valence-corrected chi connectivity index (χ0v) is 11.8. The number of piperidine rings is 1. The van der Waals surface area contributed by atoms with Gasteiger partial charge in [-0.05, 0) is 45.2 Å². The molecule has 0 aromatic heterocycles. The van der Waals surface area contributed by atoms with Crippen LogP contribution in [0.1, 0.15) is 46.0 Å². The molecule has 1 saturated heterocycles. The molecule has 0 aliphatic carbocycles. The molecule has 3 nitrogen and oxygen atoms in total. The van der Waals surface area contributed by atoms with Crippen LogP contribution in [0.5, 0.6) is 0 Å². The topological polar surface area (TPSA) is 32.3 Å². The van der Waals surface area contributed by atoms with Crippen LogP contribution >= 0.6 is 0 Å². The molecule has 1 rings (SSSR count). The molecule has 0 spiro atoms. The van der Waals surface area contributed by atoms with Crippen LogP contribution in [0.25, 0.3) is 0 Å². The predicted molar refractivity (Wildman–Crippen MR) is 72.3 cm³/mol. The van der Waals surface area contributed by atoms with E-state index in [0.29, 0.717) is 12.5 Å². The van der Waals surface area contributed by atoms with Gasteiger partial charge >= 0.3 is 0 Å². The van der Waals surface area contributed by atoms with E-state index in [4.69, 9.17) is 0 Å². The number of halogens is 1. The van der Waals surface area contributed by atoms with E-state index in [1.54, 1.807) is 0 Å². The summed E-state index contributed by atoms with van der Waals surface area (Å²) >= 11 is 0. The van der Waals surface area contributed by atoms with Gasteiger partial charge in [0, 0.05) is 18.5 Å². The molecule has 0 saturated carbocycles. The van der Waals surface area contributed by atoms with Crippen LogP contribution in [0.4, 0.5) is 4.39 Å². The van der Waals surface area contributed by atoms with Crippen molar-refractivity contribution < 1.29 is 9.18 Å². The first kappa shape index (κ1) is 15.4. The Morgan fingerprint density at radius 1 is 1.39 bits per heavy atom. The maximum atomic E-state index is 12.0. The lowest BCUT2D eigenvalue weighted by Gasteiger charge is -2.33. The highest BCUT2D eigenvalue weighted by molar-refractivity contribution is 5.78. The van der Waals surface area contributed by atoms with Gasteiger partial charge in [-0.3, -0.25) is 9.18 Å². The SMILES string of the molecule is CC(C)C(=O)N[C@H]1CCCN(CCCCCF)C1. The molecule has 1 heterocycles. The van der Waals surface area contributed by atoms with Crippen molar-refractivity contribution >= 4 is 5.91 Å². The molecule has 1 atom stereocenters. The average molecular weight is 258 g/mol. The van der Waals surface area contributed by atoms with E-state index >= 15 is 0 Å². The van der Waals surface area contributed by atoms with Gasteiger partial charge in [0.05, 0.1) is 6.67 Å². The van der Waals surface area contributed by atoms with Crippen LogP contribution < -0.4 is 5.32 Å². The average Bonchev–Trinajstić information content (AvgIpc) is 2.35. The summed E-state index contributed by atoms with van der Waals surface area (Å²) in [5.74, 6) is 0.212. The number of nitrogens with one attached hydrogen (secondary N) is 1. The lowest BCUT2D eigenvalue weighted by Crippen LogP contribution is -2.48. The maximum Gasteiger partial charge on any atom is 0.222 e. The minimum Gasteiger partial charge on any atom is -0.352 e.